The van der Waals surface area contributed by atoms with Gasteiger partial charge in [-0.15, -0.1) is 0 Å². The molecule has 9 amide bonds. The molecule has 2 fully saturated rings. The van der Waals surface area contributed by atoms with Crippen LogP contribution in [0.4, 0.5) is 0 Å². The molecule has 0 radical (unpaired) electrons. The Bertz CT molecular complexity index is 3560. The zero-order valence-electron chi connectivity index (χ0n) is 50.9. The van der Waals surface area contributed by atoms with E-state index in [-0.39, 0.29) is 69.9 Å². The van der Waals surface area contributed by atoms with Crippen molar-refractivity contribution in [1.82, 2.24) is 62.7 Å². The van der Waals surface area contributed by atoms with Crippen LogP contribution in [0.5, 0.6) is 0 Å². The van der Waals surface area contributed by atoms with Crippen molar-refractivity contribution in [2.75, 3.05) is 32.7 Å². The maximum absolute atomic E-state index is 14.9. The molecule has 16 N–H and O–H groups in total. The van der Waals surface area contributed by atoms with Gasteiger partial charge >= 0.3 is 5.97 Å². The highest BCUT2D eigenvalue weighted by atomic mass is 16.4. The smallest absolute Gasteiger partial charge is 0.326 e. The number of likely N-dealkylation sites (tertiary alicyclic amines) is 1. The topological polar surface area (TPSA) is 398 Å². The Morgan fingerprint density at radius 3 is 1.63 bits per heavy atom. The van der Waals surface area contributed by atoms with Gasteiger partial charge in [0.1, 0.15) is 42.3 Å². The number of hydrogen-bond acceptors (Lipinski definition) is 12. The molecule has 0 bridgehead atoms. The predicted molar refractivity (Wildman–Crippen MR) is 340 cm³/mol. The first-order valence-corrected chi connectivity index (χ1v) is 30.7. The Balaban J connectivity index is 0.977. The number of aliphatic imine (C=N–C) groups is 1. The molecule has 26 nitrogen and oxygen atoms in total. The number of fused-ring (bicyclic) bond motifs is 2. The number of hydrogen-bond donors (Lipinski definition) is 14. The van der Waals surface area contributed by atoms with Gasteiger partial charge in [0.05, 0.1) is 19.1 Å². The Hall–Kier alpha value is -10.1. The van der Waals surface area contributed by atoms with E-state index in [9.17, 15) is 53.1 Å². The minimum Gasteiger partial charge on any atom is -0.480 e. The number of para-hydroxylation sites is 2. The van der Waals surface area contributed by atoms with E-state index >= 15 is 0 Å². The van der Waals surface area contributed by atoms with Crippen LogP contribution < -0.4 is 59.3 Å². The minimum atomic E-state index is -1.35. The fourth-order valence-corrected chi connectivity index (χ4v) is 11.4. The Morgan fingerprint density at radius 2 is 1.09 bits per heavy atom. The van der Waals surface area contributed by atoms with Gasteiger partial charge in [0, 0.05) is 73.0 Å². The van der Waals surface area contributed by atoms with Gasteiger partial charge in [0.25, 0.3) is 0 Å². The number of carboxylic acid groups (broad SMARTS) is 1. The first-order valence-electron chi connectivity index (χ1n) is 30.7. The van der Waals surface area contributed by atoms with E-state index < -0.39 is 121 Å². The highest BCUT2D eigenvalue weighted by Crippen LogP contribution is 2.23. The molecule has 8 atom stereocenters. The van der Waals surface area contributed by atoms with E-state index in [1.165, 1.54) is 4.90 Å². The number of carboxylic acids is 1. The number of amides is 9. The SMILES string of the molecule is CC(C)[C@H](NC(=O)[C@H](Cc1c[nH]c2ccccc12)NC(=O)[C@H](Cc1ccccc1)NC(=O)[C@H](Cc1ccccc1)NC(=O)[C@@H]1CCCN1C(=O)CNC(=O)[C@H](Cc1c[nH]c2ccccc12)NC(=O)[C@H](CCCN=C(N)N)NC(=O)CNC(=O)[C@@H]1CCCN1)C(=O)O. The monoisotopic (exact) mass is 1250 g/mol. The Morgan fingerprint density at radius 1 is 0.571 bits per heavy atom. The van der Waals surface area contributed by atoms with Crippen LogP contribution in [-0.2, 0) is 73.6 Å². The highest BCUT2D eigenvalue weighted by Gasteiger charge is 2.38. The molecule has 2 aromatic heterocycles. The fourth-order valence-electron chi connectivity index (χ4n) is 11.4. The lowest BCUT2D eigenvalue weighted by Gasteiger charge is -2.29. The number of aromatic nitrogens is 2. The zero-order valence-corrected chi connectivity index (χ0v) is 50.9. The van der Waals surface area contributed by atoms with Crippen molar-refractivity contribution in [1.29, 1.82) is 0 Å². The van der Waals surface area contributed by atoms with Gasteiger partial charge < -0.3 is 79.3 Å². The van der Waals surface area contributed by atoms with Crippen LogP contribution in [0.2, 0.25) is 0 Å². The molecule has 8 rings (SSSR count). The van der Waals surface area contributed by atoms with E-state index in [0.29, 0.717) is 41.6 Å². The predicted octanol–water partition coefficient (Wildman–Crippen LogP) is 0.598. The zero-order chi connectivity index (χ0) is 65.0. The van der Waals surface area contributed by atoms with Crippen molar-refractivity contribution in [3.05, 3.63) is 144 Å². The summed E-state index contributed by atoms with van der Waals surface area (Å²) in [4.78, 5) is 151. The number of benzene rings is 4. The molecule has 6 aromatic rings. The summed E-state index contributed by atoms with van der Waals surface area (Å²) in [5.41, 5.74) is 15.2. The van der Waals surface area contributed by atoms with Crippen molar-refractivity contribution >= 4 is 86.9 Å². The second kappa shape index (κ2) is 32.4. The molecule has 0 saturated carbocycles. The Kier molecular flexibility index (Phi) is 23.8. The van der Waals surface area contributed by atoms with Crippen molar-refractivity contribution < 1.29 is 53.1 Å². The number of guanidine groups is 1. The van der Waals surface area contributed by atoms with Gasteiger partial charge in [-0.25, -0.2) is 4.79 Å². The first kappa shape index (κ1) is 66.8. The summed E-state index contributed by atoms with van der Waals surface area (Å²) in [5.74, 6) is -8.06. The van der Waals surface area contributed by atoms with Crippen LogP contribution in [0.25, 0.3) is 21.8 Å². The number of H-pyrrole nitrogens is 2. The molecule has 0 spiro atoms. The standard InChI is InChI=1S/C65H81N15O11/c1-38(2)56(64(90)91)79-62(88)52(33-42-35-71-46-23-12-10-21-44(42)46)77-60(86)49(30-39-16-5-3-6-17-39)75-61(87)50(31-40-18-7-4-8-19-40)78-63(89)53-26-15-29-80(53)55(82)37-73-58(84)51(32-41-34-70-45-22-11-9-20-43(41)45)76-59(85)48(25-14-28-69-65(66)67)74-54(81)36-72-57(83)47-24-13-27-68-47/h3-12,16-23,34-35,38,47-53,56,68,70-71H,13-15,24-33,36-37H2,1-2H3,(H,72,83)(H,73,84)(H,74,81)(H,75,87)(H,76,85)(H,77,86)(H,78,89)(H,79,88)(H,90,91)(H4,66,67,69)/t47-,48-,49-,50-,51-,52-,53-,56-/m0/s1. The van der Waals surface area contributed by atoms with Crippen molar-refractivity contribution in [2.24, 2.45) is 22.4 Å². The number of aliphatic carboxylic acids is 1. The summed E-state index contributed by atoms with van der Waals surface area (Å²) in [7, 11) is 0. The number of carbonyl (C=O) groups is 10. The summed E-state index contributed by atoms with van der Waals surface area (Å²) in [5, 5.41) is 36.5. The van der Waals surface area contributed by atoms with Gasteiger partial charge in [-0.05, 0) is 85.4 Å². The molecular formula is C65H81N15O11. The molecule has 2 aliphatic heterocycles. The number of nitrogens with two attached hydrogens (primary N) is 2. The van der Waals surface area contributed by atoms with Gasteiger partial charge in [0.15, 0.2) is 5.96 Å². The molecule has 4 aromatic carbocycles. The molecule has 482 valence electrons. The van der Waals surface area contributed by atoms with E-state index in [1.54, 1.807) is 86.9 Å². The molecule has 26 heteroatoms. The van der Waals surface area contributed by atoms with E-state index in [1.807, 2.05) is 48.5 Å². The van der Waals surface area contributed by atoms with Crippen molar-refractivity contribution in [2.45, 2.75) is 126 Å². The Labute approximate surface area is 526 Å². The van der Waals surface area contributed by atoms with Gasteiger partial charge in [-0.2, -0.15) is 0 Å². The van der Waals surface area contributed by atoms with E-state index in [0.717, 1.165) is 28.2 Å². The summed E-state index contributed by atoms with van der Waals surface area (Å²) in [6.45, 7) is 3.17. The largest absolute Gasteiger partial charge is 0.480 e. The lowest BCUT2D eigenvalue weighted by atomic mass is 9.99. The minimum absolute atomic E-state index is 0.0342. The van der Waals surface area contributed by atoms with Crippen LogP contribution >= 0.6 is 0 Å². The van der Waals surface area contributed by atoms with Gasteiger partial charge in [0.2, 0.25) is 53.2 Å². The molecular weight excluding hydrogens is 1170 g/mol. The van der Waals surface area contributed by atoms with Crippen molar-refractivity contribution in [3.8, 4) is 0 Å². The molecule has 2 aliphatic rings. The van der Waals surface area contributed by atoms with Crippen LogP contribution in [0, 0.1) is 5.92 Å². The van der Waals surface area contributed by atoms with E-state index in [2.05, 4.69) is 62.8 Å². The average Bonchev–Trinajstić information content (AvgIpc) is 1.84. The number of carbonyl (C=O) groups excluding carboxylic acids is 9. The third-order valence-electron chi connectivity index (χ3n) is 16.2. The summed E-state index contributed by atoms with van der Waals surface area (Å²) in [6.07, 6.45) is 5.47. The lowest BCUT2D eigenvalue weighted by Crippen LogP contribution is -2.60. The second-order valence-electron chi connectivity index (χ2n) is 23.2. The molecule has 0 unspecified atom stereocenters. The molecule has 4 heterocycles. The summed E-state index contributed by atoms with van der Waals surface area (Å²) >= 11 is 0. The lowest BCUT2D eigenvalue weighted by molar-refractivity contribution is -0.143. The number of rotatable bonds is 31. The average molecular weight is 1250 g/mol. The fraction of sp³-hybridized carbons (Fsp3) is 0.400. The van der Waals surface area contributed by atoms with Crippen LogP contribution in [-0.4, -0.2) is 166 Å². The maximum Gasteiger partial charge on any atom is 0.326 e. The van der Waals surface area contributed by atoms with E-state index in [4.69, 9.17) is 11.5 Å². The first-order chi connectivity index (χ1) is 43.8. The molecule has 2 saturated heterocycles. The number of nitrogens with one attached hydrogen (secondary N) is 11. The van der Waals surface area contributed by atoms with Crippen molar-refractivity contribution in [3.63, 3.8) is 0 Å². The summed E-state index contributed by atoms with van der Waals surface area (Å²) in [6, 6.07) is 23.0. The highest BCUT2D eigenvalue weighted by molar-refractivity contribution is 5.99. The van der Waals surface area contributed by atoms with Gasteiger partial charge in [-0.3, -0.25) is 48.1 Å². The van der Waals surface area contributed by atoms with Crippen LogP contribution in [0.3, 0.4) is 0 Å². The van der Waals surface area contributed by atoms with Crippen LogP contribution in [0.1, 0.15) is 74.6 Å². The van der Waals surface area contributed by atoms with Gasteiger partial charge in [-0.1, -0.05) is 111 Å². The third-order valence-corrected chi connectivity index (χ3v) is 16.2. The number of nitrogens with zero attached hydrogens (tertiary/aromatic N) is 2. The normalized spacial score (nSPS) is 16.5. The quantitative estimate of drug-likeness (QED) is 0.0161. The second-order valence-corrected chi connectivity index (χ2v) is 23.2. The third kappa shape index (κ3) is 19.0. The maximum atomic E-state index is 14.9. The van der Waals surface area contributed by atoms with Crippen LogP contribution in [0.15, 0.2) is 127 Å². The summed E-state index contributed by atoms with van der Waals surface area (Å²) < 4.78 is 0. The molecule has 91 heavy (non-hydrogen) atoms. The molecule has 0 aliphatic carbocycles. The number of aromatic amines is 2.